The first-order chi connectivity index (χ1) is 9.25. The highest BCUT2D eigenvalue weighted by Crippen LogP contribution is 2.20. The summed E-state index contributed by atoms with van der Waals surface area (Å²) in [6, 6.07) is 18.3. The molecule has 0 spiro atoms. The Morgan fingerprint density at radius 2 is 1.53 bits per heavy atom. The smallest absolute Gasteiger partial charge is 0.397 e. The highest BCUT2D eigenvalue weighted by Gasteiger charge is 2.17. The molecule has 0 aliphatic carbocycles. The molecule has 0 aliphatic rings. The van der Waals surface area contributed by atoms with Crippen LogP contribution in [0.5, 0.6) is 0 Å². The van der Waals surface area contributed by atoms with E-state index in [9.17, 15) is 9.90 Å². The molecule has 0 heterocycles. The molecule has 0 aliphatic heterocycles. The molecule has 0 saturated carbocycles. The quantitative estimate of drug-likeness (QED) is 0.608. The molecule has 0 amide bonds. The van der Waals surface area contributed by atoms with Crippen molar-refractivity contribution in [2.24, 2.45) is 0 Å². The van der Waals surface area contributed by atoms with Crippen LogP contribution < -0.4 is 0 Å². The summed E-state index contributed by atoms with van der Waals surface area (Å²) in [5, 5.41) is 10.6. The van der Waals surface area contributed by atoms with Crippen molar-refractivity contribution in [3.8, 4) is 0 Å². The maximum absolute atomic E-state index is 10.6. The Balaban J connectivity index is 2.04. The van der Waals surface area contributed by atoms with Crippen LogP contribution in [0.25, 0.3) is 0 Å². The third-order valence-electron chi connectivity index (χ3n) is 2.52. The van der Waals surface area contributed by atoms with Gasteiger partial charge in [0.15, 0.2) is 0 Å². The fraction of sp³-hybridized carbons (Fsp3) is 0.133. The van der Waals surface area contributed by atoms with E-state index in [1.54, 1.807) is 24.3 Å². The monoisotopic (exact) mass is 257 g/mol. The molecule has 0 aromatic heterocycles. The lowest BCUT2D eigenvalue weighted by Gasteiger charge is -2.16. The summed E-state index contributed by atoms with van der Waals surface area (Å²) in [5.74, 6) is 0. The zero-order valence-corrected chi connectivity index (χ0v) is 10.2. The second kappa shape index (κ2) is 6.56. The molecule has 0 fully saturated rings. The van der Waals surface area contributed by atoms with Gasteiger partial charge >= 0.3 is 6.16 Å². The number of hydrogen-bond acceptors (Lipinski definition) is 3. The highest BCUT2D eigenvalue weighted by molar-refractivity contribution is 5.56. The van der Waals surface area contributed by atoms with Crippen molar-refractivity contribution in [3.05, 3.63) is 71.8 Å². The van der Waals surface area contributed by atoms with E-state index in [1.807, 2.05) is 36.4 Å². The fourth-order valence-corrected chi connectivity index (χ4v) is 1.64. The van der Waals surface area contributed by atoms with Gasteiger partial charge in [0.05, 0.1) is 6.61 Å². The van der Waals surface area contributed by atoms with Crippen LogP contribution in [0.4, 0.5) is 4.79 Å². The van der Waals surface area contributed by atoms with E-state index in [0.29, 0.717) is 5.56 Å². The molecular formula is C15H13O4. The van der Waals surface area contributed by atoms with Crippen LogP contribution in [0, 0.1) is 0 Å². The van der Waals surface area contributed by atoms with Crippen molar-refractivity contribution in [2.75, 3.05) is 0 Å². The van der Waals surface area contributed by atoms with Crippen molar-refractivity contribution in [2.45, 2.75) is 12.9 Å². The number of ether oxygens (including phenoxy) is 2. The van der Waals surface area contributed by atoms with E-state index in [0.717, 1.165) is 5.56 Å². The molecular weight excluding hydrogens is 244 g/mol. The molecule has 19 heavy (non-hydrogen) atoms. The molecule has 0 N–H and O–H groups in total. The summed E-state index contributed by atoms with van der Waals surface area (Å²) in [6.45, 7) is 0.258. The van der Waals surface area contributed by atoms with E-state index in [4.69, 9.17) is 4.74 Å². The Morgan fingerprint density at radius 1 is 0.947 bits per heavy atom. The van der Waals surface area contributed by atoms with E-state index < -0.39 is 12.4 Å². The average molecular weight is 257 g/mol. The highest BCUT2D eigenvalue weighted by atomic mass is 16.8. The first-order valence-corrected chi connectivity index (χ1v) is 5.84. The number of carbonyl (C=O) groups excluding carboxylic acids is 1. The number of benzene rings is 2. The minimum absolute atomic E-state index is 0.258. The summed E-state index contributed by atoms with van der Waals surface area (Å²) in [5.41, 5.74) is 1.56. The van der Waals surface area contributed by atoms with E-state index in [2.05, 4.69) is 4.74 Å². The second-order valence-electron chi connectivity index (χ2n) is 3.91. The largest absolute Gasteiger partial charge is 0.552 e. The second-order valence-corrected chi connectivity index (χ2v) is 3.91. The molecule has 97 valence electrons. The van der Waals surface area contributed by atoms with Gasteiger partial charge in [-0.1, -0.05) is 60.7 Å². The van der Waals surface area contributed by atoms with Gasteiger partial charge in [-0.2, -0.15) is 9.90 Å². The van der Waals surface area contributed by atoms with Gasteiger partial charge in [0, 0.05) is 5.56 Å². The van der Waals surface area contributed by atoms with Crippen LogP contribution in [0.1, 0.15) is 17.4 Å². The van der Waals surface area contributed by atoms with Crippen molar-refractivity contribution in [1.82, 2.24) is 0 Å². The van der Waals surface area contributed by atoms with E-state index >= 15 is 0 Å². The van der Waals surface area contributed by atoms with Gasteiger partial charge in [-0.15, -0.1) is 0 Å². The third kappa shape index (κ3) is 4.12. The van der Waals surface area contributed by atoms with Crippen LogP contribution in [0.3, 0.4) is 0 Å². The number of rotatable bonds is 5. The zero-order chi connectivity index (χ0) is 13.5. The molecule has 2 aromatic carbocycles. The summed E-state index contributed by atoms with van der Waals surface area (Å²) in [6.07, 6.45) is -2.59. The standard InChI is InChI=1S/C15H13O4/c16-15(17)19-14(13-9-5-2-6-10-13)18-11-12-7-3-1-4-8-12/h1-10,14H,11H2. The minimum Gasteiger partial charge on any atom is -0.397 e. The van der Waals surface area contributed by atoms with Gasteiger partial charge in [0.1, 0.15) is 0 Å². The maximum Gasteiger partial charge on any atom is 0.552 e. The Morgan fingerprint density at radius 3 is 2.11 bits per heavy atom. The van der Waals surface area contributed by atoms with Gasteiger partial charge in [0.2, 0.25) is 6.29 Å². The topological polar surface area (TPSA) is 55.4 Å². The SMILES string of the molecule is [O]C(=O)OC(OCc1ccccc1)c1ccccc1. The summed E-state index contributed by atoms with van der Waals surface area (Å²) in [7, 11) is 0. The molecule has 1 unspecified atom stereocenters. The van der Waals surface area contributed by atoms with Gasteiger partial charge in [0.25, 0.3) is 0 Å². The molecule has 4 nitrogen and oxygen atoms in total. The van der Waals surface area contributed by atoms with Gasteiger partial charge < -0.3 is 9.47 Å². The maximum atomic E-state index is 10.6. The minimum atomic E-state index is -1.61. The average Bonchev–Trinajstić information content (AvgIpc) is 2.45. The Hall–Kier alpha value is -2.33. The fourth-order valence-electron chi connectivity index (χ4n) is 1.64. The molecule has 1 atom stereocenters. The molecule has 1 radical (unpaired) electrons. The Kier molecular flexibility index (Phi) is 4.53. The lowest BCUT2D eigenvalue weighted by atomic mass is 10.2. The van der Waals surface area contributed by atoms with Crippen LogP contribution in [0.15, 0.2) is 60.7 Å². The van der Waals surface area contributed by atoms with Crippen LogP contribution in [-0.2, 0) is 21.2 Å². The van der Waals surface area contributed by atoms with Crippen LogP contribution in [-0.4, -0.2) is 6.16 Å². The molecule has 2 aromatic rings. The molecule has 0 saturated heterocycles. The predicted octanol–water partition coefficient (Wildman–Crippen LogP) is 3.47. The Bertz CT molecular complexity index is 510. The lowest BCUT2D eigenvalue weighted by molar-refractivity contribution is -0.132. The van der Waals surface area contributed by atoms with Crippen molar-refractivity contribution < 1.29 is 19.4 Å². The van der Waals surface area contributed by atoms with Crippen molar-refractivity contribution in [1.29, 1.82) is 0 Å². The van der Waals surface area contributed by atoms with Gasteiger partial charge in [-0.05, 0) is 5.56 Å². The molecule has 0 bridgehead atoms. The molecule has 2 rings (SSSR count). The Labute approximate surface area is 111 Å². The van der Waals surface area contributed by atoms with E-state index in [-0.39, 0.29) is 6.61 Å². The normalized spacial score (nSPS) is 11.8. The van der Waals surface area contributed by atoms with E-state index in [1.165, 1.54) is 0 Å². The van der Waals surface area contributed by atoms with Gasteiger partial charge in [-0.3, -0.25) is 0 Å². The first-order valence-electron chi connectivity index (χ1n) is 5.84. The molecule has 4 heteroatoms. The lowest BCUT2D eigenvalue weighted by Crippen LogP contribution is -2.12. The summed E-state index contributed by atoms with van der Waals surface area (Å²) in [4.78, 5) is 10.6. The van der Waals surface area contributed by atoms with Crippen molar-refractivity contribution in [3.63, 3.8) is 0 Å². The number of hydrogen-bond donors (Lipinski definition) is 0. The van der Waals surface area contributed by atoms with Crippen molar-refractivity contribution >= 4 is 6.16 Å². The zero-order valence-electron chi connectivity index (χ0n) is 10.2. The van der Waals surface area contributed by atoms with Crippen LogP contribution in [0.2, 0.25) is 0 Å². The first kappa shape index (κ1) is 13.1. The van der Waals surface area contributed by atoms with Crippen LogP contribution >= 0.6 is 0 Å². The number of carbonyl (C=O) groups is 1. The summed E-state index contributed by atoms with van der Waals surface area (Å²) < 4.78 is 10.1. The predicted molar refractivity (Wildman–Crippen MR) is 67.6 cm³/mol. The summed E-state index contributed by atoms with van der Waals surface area (Å²) >= 11 is 0. The van der Waals surface area contributed by atoms with Gasteiger partial charge in [-0.25, -0.2) is 0 Å². The third-order valence-corrected chi connectivity index (χ3v) is 2.52.